The molecule has 0 saturated carbocycles. The summed E-state index contributed by atoms with van der Waals surface area (Å²) in [5.41, 5.74) is 0.616. The van der Waals surface area contributed by atoms with Crippen molar-refractivity contribution in [3.05, 3.63) is 53.6 Å². The van der Waals surface area contributed by atoms with Crippen LogP contribution in [0.5, 0.6) is 0 Å². The van der Waals surface area contributed by atoms with E-state index in [4.69, 9.17) is 11.6 Å². The summed E-state index contributed by atoms with van der Waals surface area (Å²) in [6, 6.07) is 14.3. The maximum absolute atomic E-state index is 12.3. The molecule has 1 N–H and O–H groups in total. The zero-order valence-corrected chi connectivity index (χ0v) is 15.5. The molecule has 0 aromatic heterocycles. The van der Waals surface area contributed by atoms with E-state index in [0.29, 0.717) is 10.7 Å². The molecule has 1 fully saturated rings. The summed E-state index contributed by atoms with van der Waals surface area (Å²) in [7, 11) is 1.52. The van der Waals surface area contributed by atoms with Gasteiger partial charge in [-0.05, 0) is 36.4 Å². The first-order chi connectivity index (χ1) is 12.4. The number of halogens is 1. The van der Waals surface area contributed by atoms with E-state index in [0.717, 1.165) is 14.7 Å². The average Bonchev–Trinajstić information content (AvgIpc) is 2.85. The monoisotopic (exact) mass is 389 g/mol. The molecule has 0 unspecified atom stereocenters. The van der Waals surface area contributed by atoms with Gasteiger partial charge < -0.3 is 10.2 Å². The Balaban J connectivity index is 1.70. The fourth-order valence-corrected chi connectivity index (χ4v) is 3.47. The molecule has 8 heteroatoms. The highest BCUT2D eigenvalue weighted by atomic mass is 35.5. The van der Waals surface area contributed by atoms with E-state index >= 15 is 0 Å². The number of para-hydroxylation sites is 1. The van der Waals surface area contributed by atoms with Gasteiger partial charge in [0.25, 0.3) is 5.91 Å². The minimum Gasteiger partial charge on any atom is -0.323 e. The molecular weight excluding hydrogens is 374 g/mol. The first kappa shape index (κ1) is 18.3. The molecule has 134 valence electrons. The minimum absolute atomic E-state index is 0.00484. The second-order valence-corrected chi connectivity index (χ2v) is 7.27. The molecule has 26 heavy (non-hydrogen) atoms. The number of rotatable bonds is 5. The maximum Gasteiger partial charge on any atom is 0.327 e. The van der Waals surface area contributed by atoms with Crippen molar-refractivity contribution in [2.24, 2.45) is 0 Å². The average molecular weight is 390 g/mol. The van der Waals surface area contributed by atoms with Gasteiger partial charge in [-0.3, -0.25) is 14.5 Å². The van der Waals surface area contributed by atoms with Crippen LogP contribution in [0, 0.1) is 0 Å². The standard InChI is InChI=1S/C18H16ClN3O3S/c1-21-11-17(24)22(18(21)25)10-16(23)20-14-4-2-3-5-15(14)26-13-8-6-12(19)7-9-13/h2-9H,10-11H2,1H3,(H,20,23). The van der Waals surface area contributed by atoms with Crippen LogP contribution < -0.4 is 5.32 Å². The normalized spacial score (nSPS) is 14.1. The van der Waals surface area contributed by atoms with Crippen molar-refractivity contribution in [2.45, 2.75) is 9.79 Å². The van der Waals surface area contributed by atoms with E-state index in [1.165, 1.54) is 23.7 Å². The Labute approximate surface area is 160 Å². The highest BCUT2D eigenvalue weighted by molar-refractivity contribution is 7.99. The molecule has 6 nitrogen and oxygen atoms in total. The fourth-order valence-electron chi connectivity index (χ4n) is 2.45. The van der Waals surface area contributed by atoms with Gasteiger partial charge in [-0.25, -0.2) is 4.79 Å². The third-order valence-electron chi connectivity index (χ3n) is 3.74. The van der Waals surface area contributed by atoms with E-state index in [1.807, 2.05) is 30.3 Å². The molecule has 4 amide bonds. The molecule has 0 spiro atoms. The summed E-state index contributed by atoms with van der Waals surface area (Å²) in [5, 5.41) is 3.43. The topological polar surface area (TPSA) is 69.7 Å². The van der Waals surface area contributed by atoms with E-state index in [9.17, 15) is 14.4 Å². The smallest absolute Gasteiger partial charge is 0.323 e. The van der Waals surface area contributed by atoms with Crippen LogP contribution in [0.1, 0.15) is 0 Å². The lowest BCUT2D eigenvalue weighted by Gasteiger charge is -2.15. The number of hydrogen-bond acceptors (Lipinski definition) is 4. The largest absolute Gasteiger partial charge is 0.327 e. The third kappa shape index (κ3) is 4.17. The lowest BCUT2D eigenvalue weighted by atomic mass is 10.3. The van der Waals surface area contributed by atoms with Crippen LogP contribution in [0.15, 0.2) is 58.3 Å². The van der Waals surface area contributed by atoms with Crippen LogP contribution in [0.25, 0.3) is 0 Å². The zero-order chi connectivity index (χ0) is 18.7. The van der Waals surface area contributed by atoms with Crippen molar-refractivity contribution in [1.29, 1.82) is 0 Å². The minimum atomic E-state index is -0.464. The summed E-state index contributed by atoms with van der Waals surface area (Å²) in [6.07, 6.45) is 0. The molecule has 1 aliphatic heterocycles. The number of urea groups is 1. The Morgan fingerprint density at radius 1 is 1.15 bits per heavy atom. The van der Waals surface area contributed by atoms with Crippen LogP contribution in [0.2, 0.25) is 5.02 Å². The number of likely N-dealkylation sites (N-methyl/N-ethyl adjacent to an activating group) is 1. The Morgan fingerprint density at radius 3 is 2.50 bits per heavy atom. The van der Waals surface area contributed by atoms with Crippen LogP contribution in [-0.2, 0) is 9.59 Å². The van der Waals surface area contributed by atoms with Gasteiger partial charge in [-0.15, -0.1) is 0 Å². The van der Waals surface area contributed by atoms with Crippen molar-refractivity contribution in [3.63, 3.8) is 0 Å². The highest BCUT2D eigenvalue weighted by Gasteiger charge is 2.34. The molecular formula is C18H16ClN3O3S. The van der Waals surface area contributed by atoms with Crippen molar-refractivity contribution >= 4 is 46.9 Å². The molecule has 0 radical (unpaired) electrons. The molecule has 0 bridgehead atoms. The number of benzene rings is 2. The van der Waals surface area contributed by atoms with Crippen LogP contribution in [0.3, 0.4) is 0 Å². The summed E-state index contributed by atoms with van der Waals surface area (Å²) in [4.78, 5) is 40.0. The maximum atomic E-state index is 12.3. The Kier molecular flexibility index (Phi) is 5.49. The number of anilines is 1. The summed E-state index contributed by atoms with van der Waals surface area (Å²) in [5.74, 6) is -0.803. The molecule has 0 aliphatic carbocycles. The van der Waals surface area contributed by atoms with Gasteiger partial charge in [0, 0.05) is 21.9 Å². The van der Waals surface area contributed by atoms with Gasteiger partial charge in [0.05, 0.1) is 5.69 Å². The van der Waals surface area contributed by atoms with Gasteiger partial charge in [-0.1, -0.05) is 35.5 Å². The predicted octanol–water partition coefficient (Wildman–Crippen LogP) is 3.32. The number of hydrogen-bond donors (Lipinski definition) is 1. The predicted molar refractivity (Wildman–Crippen MR) is 100 cm³/mol. The number of amides is 4. The SMILES string of the molecule is CN1CC(=O)N(CC(=O)Nc2ccccc2Sc2ccc(Cl)cc2)C1=O. The number of carbonyl (C=O) groups is 3. The lowest BCUT2D eigenvalue weighted by Crippen LogP contribution is -2.38. The van der Waals surface area contributed by atoms with Crippen LogP contribution in [-0.4, -0.2) is 47.8 Å². The van der Waals surface area contributed by atoms with Crippen LogP contribution >= 0.6 is 23.4 Å². The van der Waals surface area contributed by atoms with E-state index in [-0.39, 0.29) is 19.0 Å². The highest BCUT2D eigenvalue weighted by Crippen LogP contribution is 2.33. The molecule has 3 rings (SSSR count). The number of imide groups is 1. The van der Waals surface area contributed by atoms with Crippen LogP contribution in [0.4, 0.5) is 10.5 Å². The fraction of sp³-hybridized carbons (Fsp3) is 0.167. The van der Waals surface area contributed by atoms with Gasteiger partial charge >= 0.3 is 6.03 Å². The first-order valence-electron chi connectivity index (χ1n) is 7.82. The Bertz CT molecular complexity index is 857. The van der Waals surface area contributed by atoms with E-state index in [1.54, 1.807) is 18.2 Å². The lowest BCUT2D eigenvalue weighted by molar-refractivity contribution is -0.129. The van der Waals surface area contributed by atoms with Crippen molar-refractivity contribution in [2.75, 3.05) is 25.5 Å². The van der Waals surface area contributed by atoms with Gasteiger partial charge in [0.2, 0.25) is 5.91 Å². The first-order valence-corrected chi connectivity index (χ1v) is 9.01. The molecule has 2 aromatic carbocycles. The van der Waals surface area contributed by atoms with Gasteiger partial charge in [0.1, 0.15) is 13.1 Å². The molecule has 2 aromatic rings. The quantitative estimate of drug-likeness (QED) is 0.796. The number of nitrogens with one attached hydrogen (secondary N) is 1. The van der Waals surface area contributed by atoms with Crippen molar-refractivity contribution < 1.29 is 14.4 Å². The summed E-state index contributed by atoms with van der Waals surface area (Å²) >= 11 is 7.38. The van der Waals surface area contributed by atoms with Gasteiger partial charge in [-0.2, -0.15) is 0 Å². The summed E-state index contributed by atoms with van der Waals surface area (Å²) in [6.45, 7) is -0.308. The van der Waals surface area contributed by atoms with E-state index < -0.39 is 11.9 Å². The third-order valence-corrected chi connectivity index (χ3v) is 5.07. The number of nitrogens with zero attached hydrogens (tertiary/aromatic N) is 2. The molecule has 0 atom stereocenters. The zero-order valence-electron chi connectivity index (χ0n) is 13.9. The van der Waals surface area contributed by atoms with Crippen molar-refractivity contribution in [3.8, 4) is 0 Å². The van der Waals surface area contributed by atoms with Gasteiger partial charge in [0.15, 0.2) is 0 Å². The van der Waals surface area contributed by atoms with E-state index in [2.05, 4.69) is 5.32 Å². The molecule has 1 heterocycles. The second-order valence-electron chi connectivity index (χ2n) is 5.72. The van der Waals surface area contributed by atoms with Crippen molar-refractivity contribution in [1.82, 2.24) is 9.80 Å². The molecule has 1 saturated heterocycles. The Hall–Kier alpha value is -2.51. The molecule has 1 aliphatic rings. The number of carbonyl (C=O) groups excluding carboxylic acids is 3. The second kappa shape index (κ2) is 7.80. The summed E-state index contributed by atoms with van der Waals surface area (Å²) < 4.78 is 0. The Morgan fingerprint density at radius 2 is 1.85 bits per heavy atom.